The molecule has 0 radical (unpaired) electrons. The van der Waals surface area contributed by atoms with Crippen LogP contribution in [0.1, 0.15) is 40.0 Å². The Labute approximate surface area is 128 Å². The quantitative estimate of drug-likeness (QED) is 0.217. The summed E-state index contributed by atoms with van der Waals surface area (Å²) in [5.41, 5.74) is 7.07. The van der Waals surface area contributed by atoms with E-state index >= 15 is 0 Å². The second kappa shape index (κ2) is 12.2. The van der Waals surface area contributed by atoms with E-state index in [1.807, 2.05) is 13.8 Å². The smallest absolute Gasteiger partial charge is 0.157 e. The van der Waals surface area contributed by atoms with Crippen LogP contribution in [0.15, 0.2) is 23.7 Å². The molecular formula is C15H30N4O2. The van der Waals surface area contributed by atoms with Crippen LogP contribution in [0, 0.1) is 0 Å². The number of ether oxygens (including phenoxy) is 1. The van der Waals surface area contributed by atoms with Gasteiger partial charge >= 0.3 is 0 Å². The molecule has 0 fully saturated rings. The van der Waals surface area contributed by atoms with Crippen molar-refractivity contribution in [3.8, 4) is 0 Å². The Morgan fingerprint density at radius 3 is 2.62 bits per heavy atom. The molecule has 0 unspecified atom stereocenters. The molecule has 0 amide bonds. The molecule has 0 heterocycles. The maximum Gasteiger partial charge on any atom is 0.157 e. The fourth-order valence-electron chi connectivity index (χ4n) is 1.65. The predicted octanol–water partition coefficient (Wildman–Crippen LogP) is 1.25. The fraction of sp³-hybridized carbons (Fsp3) is 0.667. The molecule has 6 heteroatoms. The van der Waals surface area contributed by atoms with Crippen LogP contribution >= 0.6 is 0 Å². The van der Waals surface area contributed by atoms with E-state index in [1.165, 1.54) is 0 Å². The Bertz CT molecular complexity index is 350. The van der Waals surface area contributed by atoms with Gasteiger partial charge in [-0.1, -0.05) is 6.92 Å². The van der Waals surface area contributed by atoms with Gasteiger partial charge in [0.05, 0.1) is 6.61 Å². The lowest BCUT2D eigenvalue weighted by molar-refractivity contribution is -0.114. The highest BCUT2D eigenvalue weighted by Crippen LogP contribution is 1.97. The Morgan fingerprint density at radius 2 is 2.05 bits per heavy atom. The summed E-state index contributed by atoms with van der Waals surface area (Å²) < 4.78 is 5.35. The average molecular weight is 298 g/mol. The van der Waals surface area contributed by atoms with Crippen molar-refractivity contribution in [2.75, 3.05) is 26.3 Å². The van der Waals surface area contributed by atoms with Crippen molar-refractivity contribution in [3.63, 3.8) is 0 Å². The summed E-state index contributed by atoms with van der Waals surface area (Å²) >= 11 is 0. The van der Waals surface area contributed by atoms with Crippen molar-refractivity contribution in [1.82, 2.24) is 10.3 Å². The summed E-state index contributed by atoms with van der Waals surface area (Å²) in [6.07, 6.45) is 5.75. The molecule has 0 spiro atoms. The Hall–Kier alpha value is -1.53. The molecule has 0 aromatic carbocycles. The molecule has 0 aliphatic carbocycles. The minimum atomic E-state index is 0.105. The summed E-state index contributed by atoms with van der Waals surface area (Å²) in [5, 5.41) is 4.84. The number of hydrogen-bond donors (Lipinski definition) is 3. The number of allylic oxidation sites excluding steroid dienone is 2. The monoisotopic (exact) mass is 298 g/mol. The van der Waals surface area contributed by atoms with Crippen molar-refractivity contribution in [3.05, 3.63) is 23.7 Å². The van der Waals surface area contributed by atoms with Crippen LogP contribution < -0.4 is 16.9 Å². The number of nitrogens with two attached hydrogens (primary N) is 2. The molecule has 0 aliphatic rings. The van der Waals surface area contributed by atoms with Crippen LogP contribution in [0.25, 0.3) is 0 Å². The lowest BCUT2D eigenvalue weighted by atomic mass is 10.2. The Balaban J connectivity index is 4.00. The van der Waals surface area contributed by atoms with Gasteiger partial charge in [0.1, 0.15) is 0 Å². The van der Waals surface area contributed by atoms with Gasteiger partial charge in [0, 0.05) is 49.8 Å². The molecule has 0 atom stereocenters. The van der Waals surface area contributed by atoms with Crippen molar-refractivity contribution in [2.24, 2.45) is 11.6 Å². The summed E-state index contributed by atoms with van der Waals surface area (Å²) in [4.78, 5) is 11.5. The van der Waals surface area contributed by atoms with Crippen molar-refractivity contribution < 1.29 is 9.53 Å². The number of ketones is 1. The first-order valence-corrected chi connectivity index (χ1v) is 7.49. The van der Waals surface area contributed by atoms with Crippen molar-refractivity contribution in [1.29, 1.82) is 0 Å². The molecule has 0 aliphatic heterocycles. The first-order valence-electron chi connectivity index (χ1n) is 7.49. The largest absolute Gasteiger partial charge is 0.401 e. The van der Waals surface area contributed by atoms with Crippen molar-refractivity contribution >= 4 is 5.78 Å². The zero-order chi connectivity index (χ0) is 16.1. The van der Waals surface area contributed by atoms with E-state index in [2.05, 4.69) is 5.32 Å². The van der Waals surface area contributed by atoms with Gasteiger partial charge in [-0.25, -0.2) is 5.84 Å². The molecule has 6 nitrogen and oxygen atoms in total. The van der Waals surface area contributed by atoms with E-state index < -0.39 is 0 Å². The minimum absolute atomic E-state index is 0.105. The zero-order valence-corrected chi connectivity index (χ0v) is 13.5. The third-order valence-corrected chi connectivity index (χ3v) is 2.71. The number of hydrogen-bond acceptors (Lipinski definition) is 6. The molecule has 0 bridgehead atoms. The van der Waals surface area contributed by atoms with Gasteiger partial charge in [0.2, 0.25) is 0 Å². The maximum atomic E-state index is 11.5. The third kappa shape index (κ3) is 12.0. The summed E-state index contributed by atoms with van der Waals surface area (Å²) in [5.74, 6) is 5.85. The van der Waals surface area contributed by atoms with E-state index in [4.69, 9.17) is 16.3 Å². The second-order valence-corrected chi connectivity index (χ2v) is 4.87. The number of hydrazine groups is 1. The maximum absolute atomic E-state index is 11.5. The van der Waals surface area contributed by atoms with E-state index in [9.17, 15) is 4.79 Å². The van der Waals surface area contributed by atoms with Gasteiger partial charge in [0.25, 0.3) is 0 Å². The normalized spacial score (nSPS) is 12.4. The number of unbranched alkanes of at least 4 members (excludes halogenated alkanes) is 1. The van der Waals surface area contributed by atoms with Gasteiger partial charge in [-0.2, -0.15) is 0 Å². The number of nitrogens with one attached hydrogen (secondary N) is 1. The molecule has 0 rings (SSSR count). The van der Waals surface area contributed by atoms with Gasteiger partial charge in [-0.15, -0.1) is 0 Å². The molecule has 0 aromatic heterocycles. The number of nitrogens with zero attached hydrogens (tertiary/aromatic N) is 1. The average Bonchev–Trinajstić information content (AvgIpc) is 2.42. The van der Waals surface area contributed by atoms with Gasteiger partial charge in [0.15, 0.2) is 5.78 Å². The minimum Gasteiger partial charge on any atom is -0.401 e. The Kier molecular flexibility index (Phi) is 11.3. The van der Waals surface area contributed by atoms with Crippen LogP contribution in [-0.2, 0) is 9.53 Å². The molecule has 0 saturated carbocycles. The van der Waals surface area contributed by atoms with Crippen LogP contribution in [0.3, 0.4) is 0 Å². The number of rotatable bonds is 12. The van der Waals surface area contributed by atoms with Gasteiger partial charge in [-0.05, 0) is 26.7 Å². The first-order chi connectivity index (χ1) is 9.99. The van der Waals surface area contributed by atoms with Crippen LogP contribution in [0.5, 0.6) is 0 Å². The lowest BCUT2D eigenvalue weighted by Crippen LogP contribution is -2.28. The zero-order valence-electron chi connectivity index (χ0n) is 13.5. The topological polar surface area (TPSA) is 93.6 Å². The molecular weight excluding hydrogens is 268 g/mol. The SMILES string of the molecule is CCOC/C(=C/C(=O)CC)NCCCCN(N)/C=C(/C)N. The second-order valence-electron chi connectivity index (χ2n) is 4.87. The summed E-state index contributed by atoms with van der Waals surface area (Å²) in [6.45, 7) is 8.19. The fourth-order valence-corrected chi connectivity index (χ4v) is 1.65. The summed E-state index contributed by atoms with van der Waals surface area (Å²) in [6, 6.07) is 0. The molecule has 5 N–H and O–H groups in total. The standard InChI is InChI=1S/C15H30N4O2/c1-4-15(20)10-14(12-21-5-2)18-8-6-7-9-19(17)11-13(3)16/h10-11,18H,4-9,12,16-17H2,1-3H3/b13-11-,14-10-. The van der Waals surface area contributed by atoms with Crippen LogP contribution in [-0.4, -0.2) is 37.1 Å². The lowest BCUT2D eigenvalue weighted by Gasteiger charge is -2.15. The highest BCUT2D eigenvalue weighted by atomic mass is 16.5. The van der Waals surface area contributed by atoms with E-state index in [-0.39, 0.29) is 5.78 Å². The van der Waals surface area contributed by atoms with Crippen molar-refractivity contribution in [2.45, 2.75) is 40.0 Å². The molecule has 0 saturated heterocycles. The summed E-state index contributed by atoms with van der Waals surface area (Å²) in [7, 11) is 0. The van der Waals surface area contributed by atoms with Gasteiger partial charge in [-0.3, -0.25) is 4.79 Å². The van der Waals surface area contributed by atoms with Crippen LogP contribution in [0.4, 0.5) is 0 Å². The molecule has 0 aromatic rings. The number of carbonyl (C=O) groups excluding carboxylic acids is 1. The van der Waals surface area contributed by atoms with Gasteiger partial charge < -0.3 is 20.8 Å². The highest BCUT2D eigenvalue weighted by Gasteiger charge is 2.01. The predicted molar refractivity (Wildman–Crippen MR) is 85.9 cm³/mol. The molecule has 122 valence electrons. The third-order valence-electron chi connectivity index (χ3n) is 2.71. The molecule has 21 heavy (non-hydrogen) atoms. The Morgan fingerprint density at radius 1 is 1.33 bits per heavy atom. The first kappa shape index (κ1) is 19.5. The van der Waals surface area contributed by atoms with E-state index in [1.54, 1.807) is 24.2 Å². The van der Waals surface area contributed by atoms with E-state index in [0.29, 0.717) is 25.3 Å². The number of carbonyl (C=O) groups is 1. The van der Waals surface area contributed by atoms with Crippen LogP contribution in [0.2, 0.25) is 0 Å². The van der Waals surface area contributed by atoms with E-state index in [0.717, 1.165) is 31.6 Å². The highest BCUT2D eigenvalue weighted by molar-refractivity contribution is 5.89.